The van der Waals surface area contributed by atoms with Gasteiger partial charge in [0.15, 0.2) is 0 Å². The summed E-state index contributed by atoms with van der Waals surface area (Å²) in [5.41, 5.74) is 6.17. The fraction of sp³-hybridized carbons (Fsp3) is 0.765. The van der Waals surface area contributed by atoms with Crippen molar-refractivity contribution < 1.29 is 9.53 Å². The Labute approximate surface area is 126 Å². The second-order valence-electron chi connectivity index (χ2n) is 6.92. The molecule has 0 aliphatic heterocycles. The largest absolute Gasteiger partial charge is 0.462 e. The van der Waals surface area contributed by atoms with Crippen molar-refractivity contribution in [1.82, 2.24) is 0 Å². The number of ether oxygens (including phenoxy) is 1. The number of hydrogen-bond acceptors (Lipinski definition) is 2. The van der Waals surface area contributed by atoms with E-state index in [-0.39, 0.29) is 11.0 Å². The lowest BCUT2D eigenvalue weighted by atomic mass is 10.1. The van der Waals surface area contributed by atoms with Crippen LogP contribution in [-0.4, -0.2) is 20.7 Å². The van der Waals surface area contributed by atoms with Crippen molar-refractivity contribution in [2.24, 2.45) is 0 Å². The third kappa shape index (κ3) is 6.58. The van der Waals surface area contributed by atoms with E-state index in [1.165, 1.54) is 0 Å². The smallest absolute Gasteiger partial charge is 0.341 e. The standard InChI is InChI=1S/C17H32O2Si/c1-8-10-11-12-15(16(18)19-9-2)13-14-20(6,7)17(3,4)5/h14H,8-12H2,1-7H3. The van der Waals surface area contributed by atoms with Gasteiger partial charge < -0.3 is 4.74 Å². The molecule has 0 aliphatic carbocycles. The first-order valence-electron chi connectivity index (χ1n) is 7.79. The van der Waals surface area contributed by atoms with Gasteiger partial charge in [0.05, 0.1) is 20.3 Å². The van der Waals surface area contributed by atoms with Crippen LogP contribution in [0.25, 0.3) is 0 Å². The molecule has 0 aromatic rings. The Morgan fingerprint density at radius 2 is 1.80 bits per heavy atom. The van der Waals surface area contributed by atoms with E-state index in [0.717, 1.165) is 25.7 Å². The zero-order valence-electron chi connectivity index (χ0n) is 14.4. The highest BCUT2D eigenvalue weighted by atomic mass is 28.3. The molecule has 116 valence electrons. The van der Waals surface area contributed by atoms with Gasteiger partial charge in [0, 0.05) is 0 Å². The minimum absolute atomic E-state index is 0.196. The molecule has 0 fully saturated rings. The summed E-state index contributed by atoms with van der Waals surface area (Å²) >= 11 is 0. The van der Waals surface area contributed by atoms with Crippen LogP contribution in [-0.2, 0) is 9.53 Å². The second kappa shape index (κ2) is 8.48. The first-order chi connectivity index (χ1) is 9.15. The zero-order chi connectivity index (χ0) is 15.8. The summed E-state index contributed by atoms with van der Waals surface area (Å²) in [5.74, 6) is -0.196. The number of unbranched alkanes of at least 4 members (excludes halogenated alkanes) is 2. The Kier molecular flexibility index (Phi) is 8.15. The summed E-state index contributed by atoms with van der Waals surface area (Å²) in [7, 11) is -1.55. The van der Waals surface area contributed by atoms with Gasteiger partial charge in [-0.1, -0.05) is 59.3 Å². The highest BCUT2D eigenvalue weighted by Crippen LogP contribution is 2.36. The predicted octanol–water partition coefficient (Wildman–Crippen LogP) is 5.26. The van der Waals surface area contributed by atoms with E-state index < -0.39 is 8.07 Å². The maximum atomic E-state index is 12.0. The molecule has 0 unspecified atom stereocenters. The van der Waals surface area contributed by atoms with Crippen LogP contribution in [0, 0.1) is 0 Å². The molecule has 3 heteroatoms. The van der Waals surface area contributed by atoms with Gasteiger partial charge in [0.2, 0.25) is 0 Å². The number of esters is 1. The van der Waals surface area contributed by atoms with Crippen molar-refractivity contribution in [2.45, 2.75) is 78.4 Å². The molecule has 0 radical (unpaired) electrons. The summed E-state index contributed by atoms with van der Waals surface area (Å²) in [6.07, 6.45) is 4.10. The Bertz CT molecular complexity index is 369. The second-order valence-corrected chi connectivity index (χ2v) is 12.1. The number of hydrogen-bond donors (Lipinski definition) is 0. The molecule has 0 aliphatic rings. The van der Waals surface area contributed by atoms with Crippen LogP contribution in [0.4, 0.5) is 0 Å². The lowest BCUT2D eigenvalue weighted by molar-refractivity contribution is -0.138. The maximum absolute atomic E-state index is 12.0. The molecule has 0 saturated heterocycles. The van der Waals surface area contributed by atoms with E-state index in [1.807, 2.05) is 6.92 Å². The minimum Gasteiger partial charge on any atom is -0.462 e. The number of carbonyl (C=O) groups excluding carboxylic acids is 1. The summed E-state index contributed by atoms with van der Waals surface area (Å²) in [5, 5.41) is 0.267. The van der Waals surface area contributed by atoms with Crippen molar-refractivity contribution in [2.75, 3.05) is 6.61 Å². The predicted molar refractivity (Wildman–Crippen MR) is 89.6 cm³/mol. The van der Waals surface area contributed by atoms with Gasteiger partial charge in [-0.2, -0.15) is 0 Å². The van der Waals surface area contributed by atoms with Gasteiger partial charge in [-0.25, -0.2) is 4.79 Å². The fourth-order valence-electron chi connectivity index (χ4n) is 1.49. The minimum atomic E-state index is -1.55. The van der Waals surface area contributed by atoms with Crippen molar-refractivity contribution in [3.8, 4) is 0 Å². The molecule has 0 atom stereocenters. The molecule has 0 spiro atoms. The van der Waals surface area contributed by atoms with E-state index in [2.05, 4.69) is 52.2 Å². The van der Waals surface area contributed by atoms with Crippen LogP contribution < -0.4 is 0 Å². The highest BCUT2D eigenvalue weighted by molar-refractivity contribution is 6.84. The van der Waals surface area contributed by atoms with Crippen molar-refractivity contribution in [1.29, 1.82) is 0 Å². The molecule has 0 saturated carbocycles. The highest BCUT2D eigenvalue weighted by Gasteiger charge is 2.32. The Hall–Kier alpha value is -0.793. The lowest BCUT2D eigenvalue weighted by Crippen LogP contribution is -2.34. The molecule has 2 nitrogen and oxygen atoms in total. The number of carbonyl (C=O) groups is 1. The van der Waals surface area contributed by atoms with Gasteiger partial charge in [-0.3, -0.25) is 0 Å². The van der Waals surface area contributed by atoms with Gasteiger partial charge in [0.1, 0.15) is 0 Å². The quantitative estimate of drug-likeness (QED) is 0.211. The molecular formula is C17H32O2Si. The molecule has 0 amide bonds. The van der Waals surface area contributed by atoms with Crippen LogP contribution in [0.5, 0.6) is 0 Å². The van der Waals surface area contributed by atoms with Gasteiger partial charge in [-0.05, 0) is 24.8 Å². The lowest BCUT2D eigenvalue weighted by Gasteiger charge is -2.33. The molecule has 0 bridgehead atoms. The van der Waals surface area contributed by atoms with Gasteiger partial charge in [-0.15, -0.1) is 5.73 Å². The maximum Gasteiger partial charge on any atom is 0.341 e. The molecule has 0 N–H and O–H groups in total. The summed E-state index contributed by atoms with van der Waals surface area (Å²) in [6, 6.07) is 0. The van der Waals surface area contributed by atoms with Crippen molar-refractivity contribution in [3.05, 3.63) is 17.0 Å². The third-order valence-electron chi connectivity index (χ3n) is 4.09. The van der Waals surface area contributed by atoms with Crippen LogP contribution in [0.15, 0.2) is 17.0 Å². The normalized spacial score (nSPS) is 11.8. The average Bonchev–Trinajstić information content (AvgIpc) is 2.32. The fourth-order valence-corrected chi connectivity index (χ4v) is 2.46. The molecule has 0 aromatic carbocycles. The molecule has 0 rings (SSSR count). The zero-order valence-corrected chi connectivity index (χ0v) is 15.4. The topological polar surface area (TPSA) is 26.3 Å². The summed E-state index contributed by atoms with van der Waals surface area (Å²) in [4.78, 5) is 12.0. The summed E-state index contributed by atoms with van der Waals surface area (Å²) < 4.78 is 5.14. The van der Waals surface area contributed by atoms with E-state index in [0.29, 0.717) is 12.2 Å². The van der Waals surface area contributed by atoms with E-state index in [9.17, 15) is 4.79 Å². The first-order valence-corrected chi connectivity index (χ1v) is 10.9. The Morgan fingerprint density at radius 1 is 1.20 bits per heavy atom. The number of rotatable bonds is 7. The average molecular weight is 297 g/mol. The Morgan fingerprint density at radius 3 is 2.25 bits per heavy atom. The molecule has 0 heterocycles. The summed E-state index contributed by atoms with van der Waals surface area (Å²) in [6.45, 7) is 15.9. The van der Waals surface area contributed by atoms with Crippen LogP contribution in [0.1, 0.15) is 60.3 Å². The monoisotopic (exact) mass is 296 g/mol. The van der Waals surface area contributed by atoms with Crippen molar-refractivity contribution in [3.63, 3.8) is 0 Å². The first kappa shape index (κ1) is 19.2. The van der Waals surface area contributed by atoms with Crippen LogP contribution in [0.3, 0.4) is 0 Å². The van der Waals surface area contributed by atoms with Crippen molar-refractivity contribution >= 4 is 14.0 Å². The molecular weight excluding hydrogens is 264 g/mol. The van der Waals surface area contributed by atoms with E-state index >= 15 is 0 Å². The van der Waals surface area contributed by atoms with Gasteiger partial charge in [0.25, 0.3) is 0 Å². The SMILES string of the molecule is CCCCCC(=C=C[Si](C)(C)C(C)(C)C)C(=O)OCC. The van der Waals surface area contributed by atoms with Crippen LogP contribution in [0.2, 0.25) is 18.1 Å². The van der Waals surface area contributed by atoms with E-state index in [4.69, 9.17) is 4.74 Å². The molecule has 0 aromatic heterocycles. The van der Waals surface area contributed by atoms with Gasteiger partial charge >= 0.3 is 5.97 Å². The van der Waals surface area contributed by atoms with E-state index in [1.54, 1.807) is 0 Å². The Balaban J connectivity index is 5.18. The third-order valence-corrected chi connectivity index (χ3v) is 8.82. The van der Waals surface area contributed by atoms with Crippen LogP contribution >= 0.6 is 0 Å². The molecule has 20 heavy (non-hydrogen) atoms.